The van der Waals surface area contributed by atoms with Crippen molar-refractivity contribution in [2.45, 2.75) is 45.7 Å². The summed E-state index contributed by atoms with van der Waals surface area (Å²) in [7, 11) is 0. The minimum atomic E-state index is -0.369. The topological polar surface area (TPSA) is 57.7 Å². The summed E-state index contributed by atoms with van der Waals surface area (Å²) in [4.78, 5) is 40.5. The molecule has 0 radical (unpaired) electrons. The number of nitrogens with zero attached hydrogens (tertiary/aromatic N) is 2. The number of benzene rings is 1. The van der Waals surface area contributed by atoms with E-state index in [1.165, 1.54) is 0 Å². The average Bonchev–Trinajstić information content (AvgIpc) is 3.32. The first-order valence-corrected chi connectivity index (χ1v) is 8.18. The summed E-state index contributed by atoms with van der Waals surface area (Å²) in [6.07, 6.45) is 2.01. The maximum absolute atomic E-state index is 12.7. The van der Waals surface area contributed by atoms with Crippen LogP contribution in [0.3, 0.4) is 0 Å². The van der Waals surface area contributed by atoms with Crippen LogP contribution in [-0.2, 0) is 4.79 Å². The van der Waals surface area contributed by atoms with E-state index < -0.39 is 0 Å². The second kappa shape index (κ2) is 5.80. The monoisotopic (exact) mass is 314 g/mol. The number of hydrogen-bond acceptors (Lipinski definition) is 3. The van der Waals surface area contributed by atoms with Gasteiger partial charge >= 0.3 is 0 Å². The molecular formula is C18H22N2O3. The van der Waals surface area contributed by atoms with E-state index in [4.69, 9.17) is 0 Å². The Morgan fingerprint density at radius 3 is 2.09 bits per heavy atom. The predicted molar refractivity (Wildman–Crippen MR) is 86.0 cm³/mol. The Balaban J connectivity index is 1.78. The van der Waals surface area contributed by atoms with Gasteiger partial charge in [0.2, 0.25) is 5.91 Å². The fourth-order valence-electron chi connectivity index (χ4n) is 3.04. The van der Waals surface area contributed by atoms with E-state index in [2.05, 4.69) is 13.8 Å². The standard InChI is InChI=1S/C18H22N2O3/c1-11(2)12(3)20(13-8-9-13)16(21)10-19-17(22)14-6-4-5-7-15(14)18(19)23/h4-7,11-13H,8-10H2,1-3H3. The SMILES string of the molecule is CC(C)C(C)N(C(=O)CN1C(=O)c2ccccc2C1=O)C1CC1. The van der Waals surface area contributed by atoms with Crippen LogP contribution in [0.5, 0.6) is 0 Å². The zero-order valence-corrected chi connectivity index (χ0v) is 13.8. The van der Waals surface area contributed by atoms with Gasteiger partial charge in [-0.05, 0) is 37.8 Å². The molecule has 0 spiro atoms. The van der Waals surface area contributed by atoms with Crippen LogP contribution in [0.15, 0.2) is 24.3 Å². The summed E-state index contributed by atoms with van der Waals surface area (Å²) in [6, 6.07) is 7.09. The first-order valence-electron chi connectivity index (χ1n) is 8.18. The molecule has 1 unspecified atom stereocenters. The molecule has 1 atom stereocenters. The molecule has 0 aromatic heterocycles. The fourth-order valence-corrected chi connectivity index (χ4v) is 3.04. The Morgan fingerprint density at radius 1 is 1.13 bits per heavy atom. The molecule has 1 fully saturated rings. The predicted octanol–water partition coefficient (Wildman–Crippen LogP) is 2.32. The number of imide groups is 1. The van der Waals surface area contributed by atoms with Crippen molar-refractivity contribution < 1.29 is 14.4 Å². The van der Waals surface area contributed by atoms with Gasteiger partial charge in [-0.3, -0.25) is 19.3 Å². The first kappa shape index (κ1) is 15.7. The summed E-state index contributed by atoms with van der Waals surface area (Å²) in [6.45, 7) is 6.02. The molecule has 3 amide bonds. The third-order valence-corrected chi connectivity index (χ3v) is 4.80. The van der Waals surface area contributed by atoms with Crippen molar-refractivity contribution in [3.05, 3.63) is 35.4 Å². The number of amides is 3. The largest absolute Gasteiger partial charge is 0.335 e. The fraction of sp³-hybridized carbons (Fsp3) is 0.500. The van der Waals surface area contributed by atoms with Gasteiger partial charge in [0.15, 0.2) is 0 Å². The lowest BCUT2D eigenvalue weighted by Gasteiger charge is -2.33. The molecular weight excluding hydrogens is 292 g/mol. The maximum atomic E-state index is 12.7. The highest BCUT2D eigenvalue weighted by Gasteiger charge is 2.41. The summed E-state index contributed by atoms with van der Waals surface area (Å²) < 4.78 is 0. The van der Waals surface area contributed by atoms with Crippen LogP contribution in [0.2, 0.25) is 0 Å². The molecule has 0 N–H and O–H groups in total. The molecule has 1 aliphatic carbocycles. The van der Waals surface area contributed by atoms with Crippen molar-refractivity contribution >= 4 is 17.7 Å². The van der Waals surface area contributed by atoms with Crippen molar-refractivity contribution in [3.63, 3.8) is 0 Å². The Labute approximate surface area is 136 Å². The molecule has 122 valence electrons. The lowest BCUT2D eigenvalue weighted by Crippen LogP contribution is -2.48. The van der Waals surface area contributed by atoms with E-state index >= 15 is 0 Å². The lowest BCUT2D eigenvalue weighted by atomic mass is 10.0. The number of fused-ring (bicyclic) bond motifs is 1. The lowest BCUT2D eigenvalue weighted by molar-refractivity contribution is -0.135. The van der Waals surface area contributed by atoms with Gasteiger partial charge in [0, 0.05) is 12.1 Å². The van der Waals surface area contributed by atoms with Gasteiger partial charge in [0.25, 0.3) is 11.8 Å². The maximum Gasteiger partial charge on any atom is 0.262 e. The third-order valence-electron chi connectivity index (χ3n) is 4.80. The van der Waals surface area contributed by atoms with Gasteiger partial charge < -0.3 is 4.90 Å². The summed E-state index contributed by atoms with van der Waals surface area (Å²) in [5, 5.41) is 0. The molecule has 0 bridgehead atoms. The molecule has 5 nitrogen and oxygen atoms in total. The highest BCUT2D eigenvalue weighted by atomic mass is 16.2. The third kappa shape index (κ3) is 2.76. The Morgan fingerprint density at radius 2 is 1.65 bits per heavy atom. The summed E-state index contributed by atoms with van der Waals surface area (Å²) in [5.41, 5.74) is 0.778. The molecule has 3 rings (SSSR count). The zero-order valence-electron chi connectivity index (χ0n) is 13.8. The van der Waals surface area contributed by atoms with Crippen LogP contribution in [0.1, 0.15) is 54.3 Å². The summed E-state index contributed by atoms with van der Waals surface area (Å²) >= 11 is 0. The minimum Gasteiger partial charge on any atom is -0.335 e. The van der Waals surface area contributed by atoms with Crippen molar-refractivity contribution in [1.29, 1.82) is 0 Å². The second-order valence-corrected chi connectivity index (χ2v) is 6.76. The first-order chi connectivity index (χ1) is 10.9. The van der Waals surface area contributed by atoms with E-state index in [0.29, 0.717) is 17.0 Å². The average molecular weight is 314 g/mol. The molecule has 1 saturated carbocycles. The van der Waals surface area contributed by atoms with Crippen LogP contribution in [0.4, 0.5) is 0 Å². The molecule has 1 heterocycles. The van der Waals surface area contributed by atoms with E-state index in [-0.39, 0.29) is 36.3 Å². The van der Waals surface area contributed by atoms with Crippen molar-refractivity contribution in [1.82, 2.24) is 9.80 Å². The van der Waals surface area contributed by atoms with Gasteiger partial charge in [0.1, 0.15) is 6.54 Å². The Hall–Kier alpha value is -2.17. The van der Waals surface area contributed by atoms with Gasteiger partial charge in [-0.1, -0.05) is 26.0 Å². The number of rotatable bonds is 5. The highest BCUT2D eigenvalue weighted by Crippen LogP contribution is 2.31. The molecule has 23 heavy (non-hydrogen) atoms. The van der Waals surface area contributed by atoms with Gasteiger partial charge in [0.05, 0.1) is 11.1 Å². The van der Waals surface area contributed by atoms with E-state index in [1.807, 2.05) is 11.8 Å². The van der Waals surface area contributed by atoms with Gasteiger partial charge in [-0.15, -0.1) is 0 Å². The van der Waals surface area contributed by atoms with Crippen molar-refractivity contribution in [2.75, 3.05) is 6.54 Å². The number of carbonyl (C=O) groups is 3. The molecule has 1 aromatic carbocycles. The quantitative estimate of drug-likeness (QED) is 0.784. The molecule has 1 aliphatic heterocycles. The minimum absolute atomic E-state index is 0.102. The van der Waals surface area contributed by atoms with E-state index in [9.17, 15) is 14.4 Å². The zero-order chi connectivity index (χ0) is 16.7. The van der Waals surface area contributed by atoms with Crippen LogP contribution in [0, 0.1) is 5.92 Å². The highest BCUT2D eigenvalue weighted by molar-refractivity contribution is 6.22. The van der Waals surface area contributed by atoms with Gasteiger partial charge in [-0.25, -0.2) is 0 Å². The van der Waals surface area contributed by atoms with Crippen molar-refractivity contribution in [2.24, 2.45) is 5.92 Å². The van der Waals surface area contributed by atoms with Crippen molar-refractivity contribution in [3.8, 4) is 0 Å². The molecule has 0 saturated heterocycles. The Kier molecular flexibility index (Phi) is 3.96. The summed E-state index contributed by atoms with van der Waals surface area (Å²) in [5.74, 6) is -0.538. The van der Waals surface area contributed by atoms with E-state index in [0.717, 1.165) is 17.7 Å². The number of hydrogen-bond donors (Lipinski definition) is 0. The van der Waals surface area contributed by atoms with Crippen LogP contribution >= 0.6 is 0 Å². The smallest absolute Gasteiger partial charge is 0.262 e. The molecule has 5 heteroatoms. The molecule has 2 aliphatic rings. The van der Waals surface area contributed by atoms with Gasteiger partial charge in [-0.2, -0.15) is 0 Å². The normalized spacial score (nSPS) is 18.3. The Bertz CT molecular complexity index is 629. The van der Waals surface area contributed by atoms with Crippen LogP contribution < -0.4 is 0 Å². The number of carbonyl (C=O) groups excluding carboxylic acids is 3. The van der Waals surface area contributed by atoms with E-state index in [1.54, 1.807) is 24.3 Å². The molecule has 1 aromatic rings. The second-order valence-electron chi connectivity index (χ2n) is 6.76. The van der Waals surface area contributed by atoms with Crippen LogP contribution in [0.25, 0.3) is 0 Å². The van der Waals surface area contributed by atoms with Crippen LogP contribution in [-0.4, -0.2) is 46.1 Å².